The molecule has 3 atom stereocenters. The van der Waals surface area contributed by atoms with Crippen LogP contribution in [0.2, 0.25) is 0 Å². The number of hydrogen-bond acceptors (Lipinski definition) is 2. The number of rotatable bonds is 3. The van der Waals surface area contributed by atoms with Crippen molar-refractivity contribution in [3.05, 3.63) is 102 Å². The fourth-order valence-electron chi connectivity index (χ4n) is 4.35. The summed E-state index contributed by atoms with van der Waals surface area (Å²) in [5.41, 5.74) is -3.34. The normalized spacial score (nSPS) is 23.3. The summed E-state index contributed by atoms with van der Waals surface area (Å²) in [6, 6.07) is 23.3. The van der Waals surface area contributed by atoms with E-state index in [2.05, 4.69) is 4.99 Å². The van der Waals surface area contributed by atoms with Gasteiger partial charge in [0.25, 0.3) is 0 Å². The third-order valence-electron chi connectivity index (χ3n) is 5.85. The Balaban J connectivity index is 2.07. The Labute approximate surface area is 167 Å². The van der Waals surface area contributed by atoms with Crippen LogP contribution in [0.1, 0.15) is 29.5 Å². The molecule has 1 heterocycles. The zero-order chi connectivity index (χ0) is 20.7. The van der Waals surface area contributed by atoms with Gasteiger partial charge in [0.05, 0.1) is 5.69 Å². The average molecular weight is 395 g/mol. The number of fused-ring (bicyclic) bond motifs is 1. The van der Waals surface area contributed by atoms with Gasteiger partial charge in [-0.25, -0.2) is 0 Å². The van der Waals surface area contributed by atoms with Crippen LogP contribution in [-0.2, 0) is 5.60 Å². The lowest BCUT2D eigenvalue weighted by atomic mass is 9.57. The molecule has 1 aliphatic heterocycles. The molecule has 0 bridgehead atoms. The van der Waals surface area contributed by atoms with Gasteiger partial charge in [0.15, 0.2) is 0 Å². The van der Waals surface area contributed by atoms with E-state index >= 15 is 0 Å². The lowest BCUT2D eigenvalue weighted by Gasteiger charge is -2.50. The largest absolute Gasteiger partial charge is 0.403 e. The van der Waals surface area contributed by atoms with Crippen LogP contribution in [0.5, 0.6) is 0 Å². The molecule has 1 aliphatic rings. The van der Waals surface area contributed by atoms with E-state index in [9.17, 15) is 18.3 Å². The molecule has 3 aromatic carbocycles. The molecule has 0 saturated carbocycles. The predicted octanol–water partition coefficient (Wildman–Crippen LogP) is 5.99. The molecule has 4 rings (SSSR count). The van der Waals surface area contributed by atoms with Crippen molar-refractivity contribution < 1.29 is 18.3 Å². The first-order valence-electron chi connectivity index (χ1n) is 9.33. The van der Waals surface area contributed by atoms with E-state index in [-0.39, 0.29) is 5.56 Å². The average Bonchev–Trinajstić information content (AvgIpc) is 2.73. The van der Waals surface area contributed by atoms with Crippen LogP contribution in [0, 0.1) is 5.41 Å². The minimum absolute atomic E-state index is 0.184. The Bertz CT molecular complexity index is 1030. The Kier molecular flexibility index (Phi) is 4.58. The van der Waals surface area contributed by atoms with Gasteiger partial charge < -0.3 is 5.11 Å². The molecule has 0 aromatic heterocycles. The Morgan fingerprint density at radius 2 is 1.38 bits per heavy atom. The van der Waals surface area contributed by atoms with Crippen molar-refractivity contribution in [2.45, 2.75) is 24.6 Å². The highest BCUT2D eigenvalue weighted by molar-refractivity contribution is 5.81. The van der Waals surface area contributed by atoms with Gasteiger partial charge in [0.1, 0.15) is 11.0 Å². The fourth-order valence-corrected chi connectivity index (χ4v) is 4.35. The number of nitrogens with zero attached hydrogens (tertiary/aromatic N) is 1. The minimum atomic E-state index is -4.77. The molecule has 5 heteroatoms. The highest BCUT2D eigenvalue weighted by atomic mass is 19.4. The van der Waals surface area contributed by atoms with E-state index in [1.165, 1.54) is 19.1 Å². The van der Waals surface area contributed by atoms with Crippen molar-refractivity contribution in [1.29, 1.82) is 0 Å². The maximum Gasteiger partial charge on any atom is 0.403 e. The van der Waals surface area contributed by atoms with Crippen LogP contribution in [-0.4, -0.2) is 17.5 Å². The number of aliphatic hydroxyl groups is 1. The van der Waals surface area contributed by atoms with Gasteiger partial charge in [0.2, 0.25) is 0 Å². The van der Waals surface area contributed by atoms with Gasteiger partial charge in [-0.2, -0.15) is 13.2 Å². The SMILES string of the molecule is CC(O)(c1ccccc1)C1(C(F)(F)F)C=Nc2ccccc2C1c1ccccc1. The predicted molar refractivity (Wildman–Crippen MR) is 107 cm³/mol. The highest BCUT2D eigenvalue weighted by Crippen LogP contribution is 2.62. The molecular formula is C24H20F3NO. The third kappa shape index (κ3) is 2.88. The lowest BCUT2D eigenvalue weighted by molar-refractivity contribution is -0.258. The minimum Gasteiger partial charge on any atom is -0.384 e. The molecule has 3 unspecified atom stereocenters. The Morgan fingerprint density at radius 3 is 2.00 bits per heavy atom. The van der Waals surface area contributed by atoms with E-state index in [1.807, 2.05) is 0 Å². The van der Waals surface area contributed by atoms with Crippen LogP contribution in [0.15, 0.2) is 89.9 Å². The fraction of sp³-hybridized carbons (Fsp3) is 0.208. The zero-order valence-electron chi connectivity index (χ0n) is 15.8. The van der Waals surface area contributed by atoms with Gasteiger partial charge in [-0.1, -0.05) is 78.9 Å². The Morgan fingerprint density at radius 1 is 0.828 bits per heavy atom. The molecule has 0 fully saturated rings. The molecular weight excluding hydrogens is 375 g/mol. The van der Waals surface area contributed by atoms with E-state index in [4.69, 9.17) is 0 Å². The second-order valence-electron chi connectivity index (χ2n) is 7.47. The van der Waals surface area contributed by atoms with E-state index in [0.29, 0.717) is 16.8 Å². The highest BCUT2D eigenvalue weighted by Gasteiger charge is 2.69. The van der Waals surface area contributed by atoms with Crippen LogP contribution >= 0.6 is 0 Å². The number of benzene rings is 3. The van der Waals surface area contributed by atoms with Gasteiger partial charge >= 0.3 is 6.18 Å². The molecule has 0 spiro atoms. The lowest BCUT2D eigenvalue weighted by Crippen LogP contribution is -2.59. The molecule has 2 nitrogen and oxygen atoms in total. The standard InChI is InChI=1S/C24H20F3NO/c1-22(29,18-12-6-3-7-13-18)23(24(25,26)27)16-28-20-15-9-8-14-19(20)21(23)17-10-4-2-5-11-17/h2-16,21,29H,1H3. The molecule has 29 heavy (non-hydrogen) atoms. The molecule has 1 N–H and O–H groups in total. The molecule has 0 aliphatic carbocycles. The van der Waals surface area contributed by atoms with E-state index in [0.717, 1.165) is 6.21 Å². The van der Waals surface area contributed by atoms with Crippen molar-refractivity contribution in [3.8, 4) is 0 Å². The first kappa shape index (κ1) is 19.4. The maximum atomic E-state index is 15.0. The van der Waals surface area contributed by atoms with Gasteiger partial charge in [-0.3, -0.25) is 4.99 Å². The number of halogens is 3. The second kappa shape index (κ2) is 6.85. The van der Waals surface area contributed by atoms with Gasteiger partial charge in [-0.15, -0.1) is 0 Å². The number of para-hydroxylation sites is 1. The van der Waals surface area contributed by atoms with E-state index < -0.39 is 23.1 Å². The van der Waals surface area contributed by atoms with Gasteiger partial charge in [-0.05, 0) is 29.7 Å². The maximum absolute atomic E-state index is 15.0. The Hall–Kier alpha value is -2.92. The quantitative estimate of drug-likeness (QED) is 0.580. The second-order valence-corrected chi connectivity index (χ2v) is 7.47. The van der Waals surface area contributed by atoms with Crippen molar-refractivity contribution in [1.82, 2.24) is 0 Å². The molecule has 0 radical (unpaired) electrons. The summed E-state index contributed by atoms with van der Waals surface area (Å²) in [6.07, 6.45) is -3.87. The molecule has 0 amide bonds. The number of aliphatic imine (C=N–C) groups is 1. The number of alkyl halides is 3. The summed E-state index contributed by atoms with van der Waals surface area (Å²) in [5.74, 6) is -1.16. The third-order valence-corrected chi connectivity index (χ3v) is 5.85. The van der Waals surface area contributed by atoms with Crippen LogP contribution in [0.4, 0.5) is 18.9 Å². The monoisotopic (exact) mass is 395 g/mol. The summed E-state index contributed by atoms with van der Waals surface area (Å²) in [6.45, 7) is 1.23. The van der Waals surface area contributed by atoms with Crippen molar-refractivity contribution >= 4 is 11.9 Å². The summed E-state index contributed by atoms with van der Waals surface area (Å²) in [7, 11) is 0. The van der Waals surface area contributed by atoms with Crippen LogP contribution < -0.4 is 0 Å². The summed E-state index contributed by atoms with van der Waals surface area (Å²) in [4.78, 5) is 4.18. The van der Waals surface area contributed by atoms with Crippen LogP contribution in [0.25, 0.3) is 0 Å². The number of hydrogen-bond donors (Lipinski definition) is 1. The van der Waals surface area contributed by atoms with Crippen molar-refractivity contribution in [3.63, 3.8) is 0 Å². The summed E-state index contributed by atoms with van der Waals surface area (Å²) >= 11 is 0. The summed E-state index contributed by atoms with van der Waals surface area (Å²) in [5, 5.41) is 11.5. The zero-order valence-corrected chi connectivity index (χ0v) is 15.8. The molecule has 3 aromatic rings. The first-order valence-corrected chi connectivity index (χ1v) is 9.33. The molecule has 148 valence electrons. The topological polar surface area (TPSA) is 32.6 Å². The first-order chi connectivity index (χ1) is 13.8. The van der Waals surface area contributed by atoms with Gasteiger partial charge in [0, 0.05) is 12.1 Å². The van der Waals surface area contributed by atoms with Crippen molar-refractivity contribution in [2.24, 2.45) is 10.4 Å². The smallest absolute Gasteiger partial charge is 0.384 e. The van der Waals surface area contributed by atoms with Crippen LogP contribution in [0.3, 0.4) is 0 Å². The summed E-state index contributed by atoms with van der Waals surface area (Å²) < 4.78 is 44.9. The van der Waals surface area contributed by atoms with E-state index in [1.54, 1.807) is 72.8 Å². The molecule has 0 saturated heterocycles. The van der Waals surface area contributed by atoms with Crippen molar-refractivity contribution in [2.75, 3.05) is 0 Å².